The maximum Gasteiger partial charge on any atom is 0.255 e. The first-order valence-corrected chi connectivity index (χ1v) is 10.4. The van der Waals surface area contributed by atoms with Crippen molar-refractivity contribution in [2.24, 2.45) is 7.05 Å². The van der Waals surface area contributed by atoms with E-state index in [0.29, 0.717) is 18.0 Å². The van der Waals surface area contributed by atoms with Crippen molar-refractivity contribution in [3.63, 3.8) is 0 Å². The Morgan fingerprint density at radius 2 is 1.67 bits per heavy atom. The van der Waals surface area contributed by atoms with Gasteiger partial charge in [-0.15, -0.1) is 11.6 Å². The number of benzene rings is 3. The molecule has 0 fully saturated rings. The molecule has 1 unspecified atom stereocenters. The number of hydrogen-bond donors (Lipinski definition) is 0. The molecule has 0 saturated heterocycles. The molecule has 0 saturated carbocycles. The number of hydrogen-bond acceptors (Lipinski definition) is 1. The van der Waals surface area contributed by atoms with Crippen LogP contribution in [-0.2, 0) is 7.05 Å². The van der Waals surface area contributed by atoms with Gasteiger partial charge in [-0.05, 0) is 47.5 Å². The molecule has 30 heavy (non-hydrogen) atoms. The minimum absolute atomic E-state index is 0.00533. The summed E-state index contributed by atoms with van der Waals surface area (Å²) in [5.41, 5.74) is 5.69. The minimum atomic E-state index is -0.274. The topological polar surface area (TPSA) is 25.2 Å². The molecule has 1 amide bonds. The molecule has 1 atom stereocenters. The van der Waals surface area contributed by atoms with Crippen molar-refractivity contribution in [1.29, 1.82) is 0 Å². The quantitative estimate of drug-likeness (QED) is 0.386. The Bertz CT molecular complexity index is 1260. The van der Waals surface area contributed by atoms with E-state index in [-0.39, 0.29) is 17.8 Å². The molecule has 3 nitrogen and oxygen atoms in total. The zero-order valence-corrected chi connectivity index (χ0v) is 17.2. The Hall–Kier alpha value is -3.11. The van der Waals surface area contributed by atoms with Crippen LogP contribution in [0.4, 0.5) is 4.39 Å². The number of nitrogens with zero attached hydrogens (tertiary/aromatic N) is 2. The predicted octanol–water partition coefficient (Wildman–Crippen LogP) is 5.77. The fourth-order valence-electron chi connectivity index (χ4n) is 4.66. The molecule has 0 radical (unpaired) electrons. The van der Waals surface area contributed by atoms with Crippen molar-refractivity contribution >= 4 is 28.4 Å². The Morgan fingerprint density at radius 1 is 0.967 bits per heavy atom. The van der Waals surface area contributed by atoms with E-state index < -0.39 is 0 Å². The molecule has 3 aromatic carbocycles. The van der Waals surface area contributed by atoms with E-state index in [1.807, 2.05) is 48.3 Å². The summed E-state index contributed by atoms with van der Waals surface area (Å²) in [6, 6.07) is 22.2. The zero-order valence-electron chi connectivity index (χ0n) is 16.5. The Morgan fingerprint density at radius 3 is 2.43 bits per heavy atom. The third-order valence-corrected chi connectivity index (χ3v) is 6.09. The molecule has 5 rings (SSSR count). The molecular formula is C25H20ClFN2O. The van der Waals surface area contributed by atoms with Gasteiger partial charge in [0.2, 0.25) is 0 Å². The molecule has 2 heterocycles. The van der Waals surface area contributed by atoms with Gasteiger partial charge in [-0.1, -0.05) is 36.4 Å². The van der Waals surface area contributed by atoms with Gasteiger partial charge in [-0.25, -0.2) is 4.39 Å². The predicted molar refractivity (Wildman–Crippen MR) is 118 cm³/mol. The zero-order chi connectivity index (χ0) is 20.8. The summed E-state index contributed by atoms with van der Waals surface area (Å²) >= 11 is 6.10. The van der Waals surface area contributed by atoms with E-state index in [0.717, 1.165) is 33.3 Å². The van der Waals surface area contributed by atoms with Crippen LogP contribution >= 0.6 is 11.6 Å². The lowest BCUT2D eigenvalue weighted by atomic mass is 9.93. The average Bonchev–Trinajstić information content (AvgIpc) is 3.21. The summed E-state index contributed by atoms with van der Waals surface area (Å²) in [6.45, 7) is 0.450. The summed E-state index contributed by atoms with van der Waals surface area (Å²) in [5.74, 6) is 0.0748. The summed E-state index contributed by atoms with van der Waals surface area (Å²) < 4.78 is 15.8. The van der Waals surface area contributed by atoms with E-state index in [2.05, 4.69) is 16.7 Å². The first kappa shape index (κ1) is 18.9. The monoisotopic (exact) mass is 418 g/mol. The summed E-state index contributed by atoms with van der Waals surface area (Å²) in [7, 11) is 2.01. The van der Waals surface area contributed by atoms with Gasteiger partial charge in [0.15, 0.2) is 0 Å². The number of aromatic nitrogens is 1. The molecule has 1 aliphatic heterocycles. The highest BCUT2D eigenvalue weighted by Gasteiger charge is 2.40. The molecule has 0 spiro atoms. The standard InChI is InChI=1S/C25H20ClFN2O/c1-28-21-9-5-4-8-20(21)22(23(28)16-10-12-17(27)13-11-16)24-18-6-2-3-7-19(18)25(30)29(24)15-14-26/h2-13,24H,14-15H2,1H3. The second-order valence-electron chi connectivity index (χ2n) is 7.52. The van der Waals surface area contributed by atoms with Crippen molar-refractivity contribution in [2.75, 3.05) is 12.4 Å². The normalized spacial score (nSPS) is 15.8. The Balaban J connectivity index is 1.85. The molecule has 4 aromatic rings. The van der Waals surface area contributed by atoms with Crippen molar-refractivity contribution in [1.82, 2.24) is 9.47 Å². The Labute approximate surface area is 179 Å². The maximum absolute atomic E-state index is 13.6. The fraction of sp³-hybridized carbons (Fsp3) is 0.160. The smallest absolute Gasteiger partial charge is 0.255 e. The van der Waals surface area contributed by atoms with E-state index >= 15 is 0 Å². The molecule has 0 aliphatic carbocycles. The van der Waals surface area contributed by atoms with E-state index in [1.165, 1.54) is 12.1 Å². The number of aryl methyl sites for hydroxylation is 1. The second kappa shape index (κ2) is 7.29. The number of alkyl halides is 1. The molecule has 1 aromatic heterocycles. The summed E-state index contributed by atoms with van der Waals surface area (Å²) in [4.78, 5) is 15.1. The number of carbonyl (C=O) groups is 1. The molecular weight excluding hydrogens is 399 g/mol. The van der Waals surface area contributed by atoms with Crippen molar-refractivity contribution in [3.8, 4) is 11.3 Å². The van der Waals surface area contributed by atoms with Crippen LogP contribution in [0.1, 0.15) is 27.5 Å². The van der Waals surface area contributed by atoms with Crippen LogP contribution in [-0.4, -0.2) is 27.8 Å². The second-order valence-corrected chi connectivity index (χ2v) is 7.90. The van der Waals surface area contributed by atoms with Gasteiger partial charge >= 0.3 is 0 Å². The first-order chi connectivity index (χ1) is 14.6. The van der Waals surface area contributed by atoms with Crippen LogP contribution in [0.25, 0.3) is 22.2 Å². The molecule has 150 valence electrons. The van der Waals surface area contributed by atoms with E-state index in [4.69, 9.17) is 11.6 Å². The number of fused-ring (bicyclic) bond motifs is 2. The minimum Gasteiger partial charge on any atom is -0.343 e. The number of carbonyl (C=O) groups excluding carboxylic acids is 1. The largest absolute Gasteiger partial charge is 0.343 e. The fourth-order valence-corrected chi connectivity index (χ4v) is 4.84. The highest BCUT2D eigenvalue weighted by molar-refractivity contribution is 6.18. The van der Waals surface area contributed by atoms with Crippen molar-refractivity contribution in [2.45, 2.75) is 6.04 Å². The van der Waals surface area contributed by atoms with Crippen LogP contribution in [0, 0.1) is 5.82 Å². The maximum atomic E-state index is 13.6. The lowest BCUT2D eigenvalue weighted by molar-refractivity contribution is 0.0762. The van der Waals surface area contributed by atoms with Crippen LogP contribution in [0.5, 0.6) is 0 Å². The van der Waals surface area contributed by atoms with Gasteiger partial charge in [0, 0.05) is 41.5 Å². The third-order valence-electron chi connectivity index (χ3n) is 5.92. The number of amides is 1. The molecule has 1 aliphatic rings. The van der Waals surface area contributed by atoms with Gasteiger partial charge < -0.3 is 9.47 Å². The lowest BCUT2D eigenvalue weighted by Crippen LogP contribution is -2.30. The molecule has 0 N–H and O–H groups in total. The van der Waals surface area contributed by atoms with Gasteiger partial charge in [0.1, 0.15) is 5.82 Å². The van der Waals surface area contributed by atoms with Crippen LogP contribution < -0.4 is 0 Å². The van der Waals surface area contributed by atoms with Gasteiger partial charge in [-0.2, -0.15) is 0 Å². The van der Waals surface area contributed by atoms with Crippen LogP contribution in [0.15, 0.2) is 72.8 Å². The molecule has 0 bridgehead atoms. The average molecular weight is 419 g/mol. The number of para-hydroxylation sites is 1. The third kappa shape index (κ3) is 2.75. The van der Waals surface area contributed by atoms with Gasteiger partial charge in [-0.3, -0.25) is 4.79 Å². The van der Waals surface area contributed by atoms with Crippen LogP contribution in [0.3, 0.4) is 0 Å². The highest BCUT2D eigenvalue weighted by Crippen LogP contribution is 2.46. The lowest BCUT2D eigenvalue weighted by Gasteiger charge is -2.26. The van der Waals surface area contributed by atoms with Gasteiger partial charge in [0.05, 0.1) is 11.7 Å². The van der Waals surface area contributed by atoms with Crippen molar-refractivity contribution in [3.05, 3.63) is 95.3 Å². The number of halogens is 2. The summed E-state index contributed by atoms with van der Waals surface area (Å²) in [6.07, 6.45) is 0. The first-order valence-electron chi connectivity index (χ1n) is 9.91. The van der Waals surface area contributed by atoms with Crippen molar-refractivity contribution < 1.29 is 9.18 Å². The van der Waals surface area contributed by atoms with Gasteiger partial charge in [0.25, 0.3) is 5.91 Å². The molecule has 5 heteroatoms. The Kier molecular flexibility index (Phi) is 4.59. The highest BCUT2D eigenvalue weighted by atomic mass is 35.5. The summed E-state index contributed by atoms with van der Waals surface area (Å²) in [5, 5.41) is 1.08. The van der Waals surface area contributed by atoms with Crippen LogP contribution in [0.2, 0.25) is 0 Å². The van der Waals surface area contributed by atoms with E-state index in [9.17, 15) is 9.18 Å². The van der Waals surface area contributed by atoms with E-state index in [1.54, 1.807) is 12.1 Å². The SMILES string of the molecule is Cn1c(-c2ccc(F)cc2)c(C2c3ccccc3C(=O)N2CCCl)c2ccccc21. The number of rotatable bonds is 4.